The molecule has 1 aromatic carbocycles. The smallest absolute Gasteiger partial charge is 0.123 e. The first-order valence-electron chi connectivity index (χ1n) is 7.58. The van der Waals surface area contributed by atoms with E-state index in [9.17, 15) is 0 Å². The summed E-state index contributed by atoms with van der Waals surface area (Å²) >= 11 is 0. The molecule has 1 saturated heterocycles. The molecule has 0 radical (unpaired) electrons. The Labute approximate surface area is 120 Å². The predicted molar refractivity (Wildman–Crippen MR) is 82.8 cm³/mol. The van der Waals surface area contributed by atoms with Gasteiger partial charge in [-0.3, -0.25) is 0 Å². The fourth-order valence-corrected chi connectivity index (χ4v) is 3.08. The molecule has 0 amide bonds. The Balaban J connectivity index is 1.92. The van der Waals surface area contributed by atoms with Crippen LogP contribution in [0.1, 0.15) is 29.8 Å². The molecule has 0 unspecified atom stereocenters. The minimum atomic E-state index is 0.507. The topological polar surface area (TPSA) is 47.1 Å². The van der Waals surface area contributed by atoms with Gasteiger partial charge in [-0.05, 0) is 63.0 Å². The normalized spacial score (nSPS) is 16.4. The summed E-state index contributed by atoms with van der Waals surface area (Å²) in [6, 6.07) is 4.43. The lowest BCUT2D eigenvalue weighted by Gasteiger charge is -2.16. The monoisotopic (exact) mass is 272 g/mol. The molecule has 2 aromatic rings. The molecule has 108 valence electrons. The number of likely N-dealkylation sites (tertiary alicyclic amines) is 1. The number of hydrogen-bond acceptors (Lipinski definition) is 3. The summed E-state index contributed by atoms with van der Waals surface area (Å²) in [6.07, 6.45) is 2.68. The van der Waals surface area contributed by atoms with Crippen molar-refractivity contribution in [3.63, 3.8) is 0 Å². The molecule has 1 aromatic heterocycles. The van der Waals surface area contributed by atoms with E-state index in [1.807, 2.05) is 0 Å². The number of imidazole rings is 1. The van der Waals surface area contributed by atoms with Gasteiger partial charge in [-0.25, -0.2) is 4.98 Å². The van der Waals surface area contributed by atoms with Crippen molar-refractivity contribution in [1.82, 2.24) is 14.5 Å². The number of nitrogens with two attached hydrogens (primary N) is 1. The second-order valence-electron chi connectivity index (χ2n) is 5.86. The largest absolute Gasteiger partial charge is 0.326 e. The van der Waals surface area contributed by atoms with E-state index in [-0.39, 0.29) is 0 Å². The van der Waals surface area contributed by atoms with E-state index in [4.69, 9.17) is 10.7 Å². The van der Waals surface area contributed by atoms with Crippen LogP contribution in [0.4, 0.5) is 0 Å². The van der Waals surface area contributed by atoms with Crippen LogP contribution >= 0.6 is 0 Å². The number of fused-ring (bicyclic) bond motifs is 1. The third-order valence-corrected chi connectivity index (χ3v) is 4.46. The van der Waals surface area contributed by atoms with Crippen LogP contribution in [0.15, 0.2) is 12.1 Å². The molecule has 4 heteroatoms. The minimum absolute atomic E-state index is 0.507. The van der Waals surface area contributed by atoms with Crippen molar-refractivity contribution < 1.29 is 0 Å². The van der Waals surface area contributed by atoms with E-state index in [1.54, 1.807) is 0 Å². The molecular weight excluding hydrogens is 248 g/mol. The molecule has 2 heterocycles. The van der Waals surface area contributed by atoms with E-state index < -0.39 is 0 Å². The van der Waals surface area contributed by atoms with E-state index in [0.29, 0.717) is 6.54 Å². The maximum Gasteiger partial charge on any atom is 0.123 e. The highest BCUT2D eigenvalue weighted by molar-refractivity contribution is 5.78. The third-order valence-electron chi connectivity index (χ3n) is 4.46. The van der Waals surface area contributed by atoms with Crippen LogP contribution in [0.5, 0.6) is 0 Å². The molecule has 3 rings (SSSR count). The van der Waals surface area contributed by atoms with Gasteiger partial charge in [-0.2, -0.15) is 0 Å². The Hall–Kier alpha value is -1.39. The summed E-state index contributed by atoms with van der Waals surface area (Å²) in [6.45, 7) is 9.38. The zero-order valence-corrected chi connectivity index (χ0v) is 12.5. The highest BCUT2D eigenvalue weighted by atomic mass is 15.2. The van der Waals surface area contributed by atoms with E-state index >= 15 is 0 Å². The molecule has 2 N–H and O–H groups in total. The van der Waals surface area contributed by atoms with Crippen molar-refractivity contribution in [3.05, 3.63) is 29.1 Å². The number of aryl methyl sites for hydroxylation is 2. The summed E-state index contributed by atoms with van der Waals surface area (Å²) in [7, 11) is 0. The molecule has 1 aliphatic rings. The Morgan fingerprint density at radius 2 is 1.80 bits per heavy atom. The number of nitrogens with zero attached hydrogens (tertiary/aromatic N) is 3. The first-order chi connectivity index (χ1) is 9.69. The molecular formula is C16H24N4. The van der Waals surface area contributed by atoms with Gasteiger partial charge in [0.2, 0.25) is 0 Å². The van der Waals surface area contributed by atoms with Gasteiger partial charge in [-0.15, -0.1) is 0 Å². The van der Waals surface area contributed by atoms with Crippen LogP contribution in [-0.2, 0) is 13.1 Å². The molecule has 4 nitrogen and oxygen atoms in total. The van der Waals surface area contributed by atoms with Crippen LogP contribution in [0.2, 0.25) is 0 Å². The van der Waals surface area contributed by atoms with Gasteiger partial charge in [0.05, 0.1) is 17.6 Å². The van der Waals surface area contributed by atoms with E-state index in [0.717, 1.165) is 24.4 Å². The Bertz CT molecular complexity index is 608. The van der Waals surface area contributed by atoms with Gasteiger partial charge in [0.25, 0.3) is 0 Å². The van der Waals surface area contributed by atoms with Crippen molar-refractivity contribution in [3.8, 4) is 0 Å². The van der Waals surface area contributed by atoms with Crippen LogP contribution < -0.4 is 5.73 Å². The first kappa shape index (κ1) is 13.6. The van der Waals surface area contributed by atoms with Crippen molar-refractivity contribution in [2.45, 2.75) is 39.8 Å². The Kier molecular flexibility index (Phi) is 3.76. The fourth-order valence-electron chi connectivity index (χ4n) is 3.08. The second-order valence-corrected chi connectivity index (χ2v) is 5.86. The van der Waals surface area contributed by atoms with Crippen LogP contribution in [-0.4, -0.2) is 34.1 Å². The zero-order valence-electron chi connectivity index (χ0n) is 12.5. The lowest BCUT2D eigenvalue weighted by molar-refractivity contribution is 0.322. The van der Waals surface area contributed by atoms with Crippen LogP contribution in [0.25, 0.3) is 11.0 Å². The maximum atomic E-state index is 5.88. The summed E-state index contributed by atoms with van der Waals surface area (Å²) in [5.74, 6) is 1.00. The number of benzene rings is 1. The molecule has 0 bridgehead atoms. The quantitative estimate of drug-likeness (QED) is 0.928. The van der Waals surface area contributed by atoms with E-state index in [2.05, 4.69) is 35.4 Å². The average Bonchev–Trinajstić information content (AvgIpc) is 3.05. The van der Waals surface area contributed by atoms with Gasteiger partial charge < -0.3 is 15.2 Å². The highest BCUT2D eigenvalue weighted by Gasteiger charge is 2.14. The van der Waals surface area contributed by atoms with Gasteiger partial charge in [-0.1, -0.05) is 0 Å². The minimum Gasteiger partial charge on any atom is -0.326 e. The average molecular weight is 272 g/mol. The van der Waals surface area contributed by atoms with Gasteiger partial charge in [0, 0.05) is 13.1 Å². The van der Waals surface area contributed by atoms with Gasteiger partial charge >= 0.3 is 0 Å². The number of hydrogen-bond donors (Lipinski definition) is 1. The van der Waals surface area contributed by atoms with Gasteiger partial charge in [0.15, 0.2) is 0 Å². The number of rotatable bonds is 4. The molecule has 20 heavy (non-hydrogen) atoms. The molecule has 0 spiro atoms. The number of aromatic nitrogens is 2. The van der Waals surface area contributed by atoms with E-state index in [1.165, 1.54) is 42.6 Å². The highest BCUT2D eigenvalue weighted by Crippen LogP contribution is 2.21. The SMILES string of the molecule is Cc1cc2nc(CN)n(CCN3CCCC3)c2cc1C. The standard InChI is InChI=1S/C16H24N4/c1-12-9-14-15(10-13(12)2)20(16(11-17)18-14)8-7-19-5-3-4-6-19/h9-10H,3-8,11,17H2,1-2H3. The van der Waals surface area contributed by atoms with Crippen LogP contribution in [0.3, 0.4) is 0 Å². The predicted octanol–water partition coefficient (Wildman–Crippen LogP) is 2.21. The maximum absolute atomic E-state index is 5.88. The Morgan fingerprint density at radius 3 is 2.50 bits per heavy atom. The molecule has 0 saturated carbocycles. The van der Waals surface area contributed by atoms with Crippen LogP contribution in [0, 0.1) is 13.8 Å². The van der Waals surface area contributed by atoms with Crippen molar-refractivity contribution in [2.24, 2.45) is 5.73 Å². The first-order valence-corrected chi connectivity index (χ1v) is 7.58. The zero-order chi connectivity index (χ0) is 14.1. The summed E-state index contributed by atoms with van der Waals surface area (Å²) in [4.78, 5) is 7.23. The Morgan fingerprint density at radius 1 is 1.10 bits per heavy atom. The third kappa shape index (κ3) is 2.45. The summed E-state index contributed by atoms with van der Waals surface area (Å²) < 4.78 is 2.31. The summed E-state index contributed by atoms with van der Waals surface area (Å²) in [5.41, 5.74) is 10.8. The second kappa shape index (κ2) is 5.54. The molecule has 0 aliphatic carbocycles. The lowest BCUT2D eigenvalue weighted by atomic mass is 10.1. The van der Waals surface area contributed by atoms with Gasteiger partial charge in [0.1, 0.15) is 5.82 Å². The molecule has 1 aliphatic heterocycles. The summed E-state index contributed by atoms with van der Waals surface area (Å²) in [5, 5.41) is 0. The molecule has 1 fully saturated rings. The van der Waals surface area contributed by atoms with Crippen molar-refractivity contribution >= 4 is 11.0 Å². The van der Waals surface area contributed by atoms with Crippen molar-refractivity contribution in [1.29, 1.82) is 0 Å². The molecule has 0 atom stereocenters. The van der Waals surface area contributed by atoms with Crippen molar-refractivity contribution in [2.75, 3.05) is 19.6 Å². The fraction of sp³-hybridized carbons (Fsp3) is 0.562. The lowest BCUT2D eigenvalue weighted by Crippen LogP contribution is -2.25.